The van der Waals surface area contributed by atoms with E-state index in [1.165, 1.54) is 6.42 Å². The van der Waals surface area contributed by atoms with E-state index in [4.69, 9.17) is 5.73 Å². The van der Waals surface area contributed by atoms with Crippen molar-refractivity contribution in [3.63, 3.8) is 0 Å². The third-order valence-corrected chi connectivity index (χ3v) is 4.02. The molecule has 4 nitrogen and oxygen atoms in total. The smallest absolute Gasteiger partial charge is 0.236 e. The number of hydrogen-bond acceptors (Lipinski definition) is 3. The largest absolute Gasteiger partial charge is 0.339 e. The molecule has 2 saturated heterocycles. The number of likely N-dealkylation sites (tertiary alicyclic amines) is 2. The molecule has 2 N–H and O–H groups in total. The Kier molecular flexibility index (Phi) is 6.39. The Balaban J connectivity index is 0.00000162. The van der Waals surface area contributed by atoms with Crippen molar-refractivity contribution in [2.45, 2.75) is 51.1 Å². The minimum absolute atomic E-state index is 0. The third kappa shape index (κ3) is 4.11. The molecule has 2 fully saturated rings. The summed E-state index contributed by atoms with van der Waals surface area (Å²) >= 11 is 0. The molecule has 0 aliphatic carbocycles. The van der Waals surface area contributed by atoms with Gasteiger partial charge in [-0.05, 0) is 45.6 Å². The second-order valence-electron chi connectivity index (χ2n) is 5.57. The standard InChI is InChI=1S/C13H25N3O.ClH/c1-11-5-2-3-8-16(11)13(17)10-15-7-4-6-12(14)9-15;/h11-12H,2-10,14H2,1H3;1H/t11?,12-;/m1./s1. The van der Waals surface area contributed by atoms with E-state index in [9.17, 15) is 4.79 Å². The highest BCUT2D eigenvalue weighted by molar-refractivity contribution is 5.85. The first-order valence-corrected chi connectivity index (χ1v) is 6.94. The van der Waals surface area contributed by atoms with E-state index in [0.29, 0.717) is 18.5 Å². The van der Waals surface area contributed by atoms with Crippen LogP contribution in [0.3, 0.4) is 0 Å². The van der Waals surface area contributed by atoms with E-state index >= 15 is 0 Å². The van der Waals surface area contributed by atoms with Gasteiger partial charge >= 0.3 is 0 Å². The SMILES string of the molecule is CC1CCCCN1C(=O)CN1CCC[C@@H](N)C1.Cl. The van der Waals surface area contributed by atoms with E-state index in [1.807, 2.05) is 0 Å². The minimum Gasteiger partial charge on any atom is -0.339 e. The Morgan fingerprint density at radius 1 is 1.22 bits per heavy atom. The average molecular weight is 276 g/mol. The summed E-state index contributed by atoms with van der Waals surface area (Å²) in [5, 5.41) is 0. The van der Waals surface area contributed by atoms with Crippen molar-refractivity contribution in [3.05, 3.63) is 0 Å². The first-order chi connectivity index (χ1) is 8.16. The first kappa shape index (κ1) is 15.7. The summed E-state index contributed by atoms with van der Waals surface area (Å²) in [4.78, 5) is 16.5. The molecule has 0 spiro atoms. The number of carbonyl (C=O) groups excluding carboxylic acids is 1. The van der Waals surface area contributed by atoms with Crippen molar-refractivity contribution in [1.29, 1.82) is 0 Å². The van der Waals surface area contributed by atoms with Crippen LogP contribution in [0.4, 0.5) is 0 Å². The number of amides is 1. The summed E-state index contributed by atoms with van der Waals surface area (Å²) in [6, 6.07) is 0.685. The number of halogens is 1. The molecular formula is C13H26ClN3O. The van der Waals surface area contributed by atoms with Crippen LogP contribution in [0, 0.1) is 0 Å². The van der Waals surface area contributed by atoms with Gasteiger partial charge in [0.2, 0.25) is 5.91 Å². The summed E-state index contributed by atoms with van der Waals surface area (Å²) in [6.07, 6.45) is 5.81. The van der Waals surface area contributed by atoms with E-state index in [0.717, 1.165) is 45.3 Å². The van der Waals surface area contributed by atoms with Gasteiger partial charge < -0.3 is 10.6 Å². The highest BCUT2D eigenvalue weighted by atomic mass is 35.5. The number of rotatable bonds is 2. The molecule has 0 saturated carbocycles. The Labute approximate surface area is 116 Å². The summed E-state index contributed by atoms with van der Waals surface area (Å²) in [5.74, 6) is 0.298. The lowest BCUT2D eigenvalue weighted by Gasteiger charge is -2.36. The topological polar surface area (TPSA) is 49.6 Å². The zero-order valence-electron chi connectivity index (χ0n) is 11.3. The van der Waals surface area contributed by atoms with Gasteiger partial charge in [0.05, 0.1) is 6.54 Å². The molecule has 1 amide bonds. The van der Waals surface area contributed by atoms with Gasteiger partial charge in [-0.1, -0.05) is 0 Å². The van der Waals surface area contributed by atoms with Crippen molar-refractivity contribution < 1.29 is 4.79 Å². The van der Waals surface area contributed by atoms with Crippen LogP contribution in [0.1, 0.15) is 39.0 Å². The van der Waals surface area contributed by atoms with Crippen LogP contribution in [-0.4, -0.2) is 54.0 Å². The van der Waals surface area contributed by atoms with Crippen LogP contribution >= 0.6 is 12.4 Å². The number of carbonyl (C=O) groups is 1. The van der Waals surface area contributed by atoms with Gasteiger partial charge in [0.15, 0.2) is 0 Å². The Bertz CT molecular complexity index is 275. The summed E-state index contributed by atoms with van der Waals surface area (Å²) < 4.78 is 0. The molecule has 0 bridgehead atoms. The molecule has 106 valence electrons. The molecule has 2 aliphatic rings. The predicted molar refractivity (Wildman–Crippen MR) is 75.9 cm³/mol. The molecule has 0 aromatic carbocycles. The van der Waals surface area contributed by atoms with Crippen molar-refractivity contribution >= 4 is 18.3 Å². The van der Waals surface area contributed by atoms with Crippen molar-refractivity contribution in [2.24, 2.45) is 5.73 Å². The van der Waals surface area contributed by atoms with Gasteiger partial charge in [-0.15, -0.1) is 12.4 Å². The monoisotopic (exact) mass is 275 g/mol. The van der Waals surface area contributed by atoms with Gasteiger partial charge in [0.1, 0.15) is 0 Å². The Morgan fingerprint density at radius 3 is 2.67 bits per heavy atom. The van der Waals surface area contributed by atoms with Crippen molar-refractivity contribution in [1.82, 2.24) is 9.80 Å². The normalized spacial score (nSPS) is 29.8. The van der Waals surface area contributed by atoms with Crippen LogP contribution in [0.2, 0.25) is 0 Å². The van der Waals surface area contributed by atoms with E-state index in [2.05, 4.69) is 16.7 Å². The molecule has 2 atom stereocenters. The fourth-order valence-electron chi connectivity index (χ4n) is 2.99. The van der Waals surface area contributed by atoms with Gasteiger partial charge in [0.25, 0.3) is 0 Å². The molecule has 0 radical (unpaired) electrons. The van der Waals surface area contributed by atoms with Crippen LogP contribution in [0.25, 0.3) is 0 Å². The highest BCUT2D eigenvalue weighted by Gasteiger charge is 2.26. The van der Waals surface area contributed by atoms with Gasteiger partial charge in [-0.3, -0.25) is 9.69 Å². The maximum atomic E-state index is 12.2. The van der Waals surface area contributed by atoms with E-state index in [-0.39, 0.29) is 18.4 Å². The maximum Gasteiger partial charge on any atom is 0.236 e. The molecular weight excluding hydrogens is 250 g/mol. The minimum atomic E-state index is 0. The van der Waals surface area contributed by atoms with Crippen molar-refractivity contribution in [2.75, 3.05) is 26.2 Å². The first-order valence-electron chi connectivity index (χ1n) is 6.94. The fourth-order valence-corrected chi connectivity index (χ4v) is 2.99. The van der Waals surface area contributed by atoms with Gasteiger partial charge in [-0.2, -0.15) is 0 Å². The summed E-state index contributed by atoms with van der Waals surface area (Å²) in [7, 11) is 0. The molecule has 1 unspecified atom stereocenters. The second-order valence-corrected chi connectivity index (χ2v) is 5.57. The average Bonchev–Trinajstić information content (AvgIpc) is 2.29. The zero-order valence-corrected chi connectivity index (χ0v) is 12.1. The number of piperidine rings is 2. The summed E-state index contributed by atoms with van der Waals surface area (Å²) in [5.41, 5.74) is 5.94. The lowest BCUT2D eigenvalue weighted by atomic mass is 10.0. The van der Waals surface area contributed by atoms with Crippen LogP contribution in [-0.2, 0) is 4.79 Å². The number of hydrogen-bond donors (Lipinski definition) is 1. The van der Waals surface area contributed by atoms with Crippen LogP contribution < -0.4 is 5.73 Å². The lowest BCUT2D eigenvalue weighted by Crippen LogP contribution is -2.50. The van der Waals surface area contributed by atoms with E-state index < -0.39 is 0 Å². The predicted octanol–water partition coefficient (Wildman–Crippen LogP) is 1.23. The van der Waals surface area contributed by atoms with Gasteiger partial charge in [0, 0.05) is 25.2 Å². The molecule has 0 aromatic heterocycles. The van der Waals surface area contributed by atoms with Crippen LogP contribution in [0.15, 0.2) is 0 Å². The number of nitrogens with zero attached hydrogens (tertiary/aromatic N) is 2. The quantitative estimate of drug-likeness (QED) is 0.825. The number of nitrogens with two attached hydrogens (primary N) is 1. The lowest BCUT2D eigenvalue weighted by molar-refractivity contribution is -0.135. The second kappa shape index (κ2) is 7.31. The fraction of sp³-hybridized carbons (Fsp3) is 0.923. The molecule has 18 heavy (non-hydrogen) atoms. The third-order valence-electron chi connectivity index (χ3n) is 4.02. The Hall–Kier alpha value is -0.320. The summed E-state index contributed by atoms with van der Waals surface area (Å²) in [6.45, 7) is 5.59. The van der Waals surface area contributed by atoms with Gasteiger partial charge in [-0.25, -0.2) is 0 Å². The van der Waals surface area contributed by atoms with E-state index in [1.54, 1.807) is 0 Å². The van der Waals surface area contributed by atoms with Crippen LogP contribution in [0.5, 0.6) is 0 Å². The molecule has 2 rings (SSSR count). The molecule has 0 aromatic rings. The zero-order chi connectivity index (χ0) is 12.3. The molecule has 5 heteroatoms. The molecule has 2 aliphatic heterocycles. The van der Waals surface area contributed by atoms with Crippen molar-refractivity contribution in [3.8, 4) is 0 Å². The highest BCUT2D eigenvalue weighted by Crippen LogP contribution is 2.17. The molecule has 2 heterocycles. The Morgan fingerprint density at radius 2 is 2.00 bits per heavy atom. The maximum absolute atomic E-state index is 12.2.